The summed E-state index contributed by atoms with van der Waals surface area (Å²) in [5.74, 6) is -0.0652. The normalized spacial score (nSPS) is 21.1. The van der Waals surface area contributed by atoms with Crippen LogP contribution in [0.15, 0.2) is 18.2 Å². The summed E-state index contributed by atoms with van der Waals surface area (Å²) >= 11 is 0. The standard InChI is InChI=1S/C11H13NO3/c1-7-3-2-4-9(14)11(7)12-6-8(13)5-10(12)15/h2-4,8,13-14H,5-6H2,1H3. The molecule has 0 aromatic heterocycles. The number of rotatable bonds is 1. The number of aryl methyl sites for hydroxylation is 1. The molecule has 1 aromatic rings. The number of phenolic OH excluding ortho intramolecular Hbond substituents is 1. The first-order valence-corrected chi connectivity index (χ1v) is 4.86. The van der Waals surface area contributed by atoms with Gasteiger partial charge < -0.3 is 15.1 Å². The zero-order valence-corrected chi connectivity index (χ0v) is 8.47. The highest BCUT2D eigenvalue weighted by Crippen LogP contribution is 2.33. The van der Waals surface area contributed by atoms with Gasteiger partial charge in [0.1, 0.15) is 5.75 Å². The van der Waals surface area contributed by atoms with E-state index in [0.717, 1.165) is 5.56 Å². The molecule has 0 saturated carbocycles. The molecule has 15 heavy (non-hydrogen) atoms. The Morgan fingerprint density at radius 3 is 2.73 bits per heavy atom. The molecule has 0 spiro atoms. The molecule has 1 aliphatic rings. The van der Waals surface area contributed by atoms with Crippen LogP contribution in [0, 0.1) is 6.92 Å². The van der Waals surface area contributed by atoms with Crippen molar-refractivity contribution in [2.75, 3.05) is 11.4 Å². The molecule has 1 saturated heterocycles. The zero-order valence-electron chi connectivity index (χ0n) is 8.47. The molecule has 0 aliphatic carbocycles. The number of aromatic hydroxyl groups is 1. The number of aliphatic hydroxyl groups is 1. The van der Waals surface area contributed by atoms with Gasteiger partial charge in [0.15, 0.2) is 0 Å². The summed E-state index contributed by atoms with van der Waals surface area (Å²) < 4.78 is 0. The van der Waals surface area contributed by atoms with Crippen LogP contribution >= 0.6 is 0 Å². The van der Waals surface area contributed by atoms with Gasteiger partial charge in [-0.1, -0.05) is 12.1 Å². The Labute approximate surface area is 87.8 Å². The van der Waals surface area contributed by atoms with Gasteiger partial charge in [-0.15, -0.1) is 0 Å². The highest BCUT2D eigenvalue weighted by molar-refractivity contribution is 5.98. The smallest absolute Gasteiger partial charge is 0.229 e. The molecule has 1 aliphatic heterocycles. The van der Waals surface area contributed by atoms with E-state index in [1.807, 2.05) is 13.0 Å². The van der Waals surface area contributed by atoms with Crippen LogP contribution in [0.25, 0.3) is 0 Å². The molecule has 1 unspecified atom stereocenters. The number of carbonyl (C=O) groups excluding carboxylic acids is 1. The van der Waals surface area contributed by atoms with Crippen LogP contribution in [0.1, 0.15) is 12.0 Å². The molecule has 1 fully saturated rings. The number of hydrogen-bond donors (Lipinski definition) is 2. The van der Waals surface area contributed by atoms with E-state index in [2.05, 4.69) is 0 Å². The van der Waals surface area contributed by atoms with E-state index in [0.29, 0.717) is 5.69 Å². The number of benzene rings is 1. The van der Waals surface area contributed by atoms with Gasteiger partial charge in [0.2, 0.25) is 5.91 Å². The van der Waals surface area contributed by atoms with E-state index in [4.69, 9.17) is 0 Å². The number of carbonyl (C=O) groups is 1. The van der Waals surface area contributed by atoms with Crippen molar-refractivity contribution in [1.82, 2.24) is 0 Å². The van der Waals surface area contributed by atoms with Crippen LogP contribution in [-0.2, 0) is 4.79 Å². The topological polar surface area (TPSA) is 60.8 Å². The van der Waals surface area contributed by atoms with Gasteiger partial charge >= 0.3 is 0 Å². The molecular weight excluding hydrogens is 194 g/mol. The van der Waals surface area contributed by atoms with Gasteiger partial charge in [0.25, 0.3) is 0 Å². The van der Waals surface area contributed by atoms with Gasteiger partial charge in [-0.05, 0) is 18.6 Å². The Morgan fingerprint density at radius 1 is 1.47 bits per heavy atom. The van der Waals surface area contributed by atoms with Crippen molar-refractivity contribution in [2.45, 2.75) is 19.4 Å². The third kappa shape index (κ3) is 1.68. The molecule has 2 rings (SSSR count). The summed E-state index contributed by atoms with van der Waals surface area (Å²) in [6.45, 7) is 2.09. The summed E-state index contributed by atoms with van der Waals surface area (Å²) in [4.78, 5) is 13.0. The van der Waals surface area contributed by atoms with Gasteiger partial charge in [0.05, 0.1) is 24.8 Å². The second kappa shape index (κ2) is 3.55. The van der Waals surface area contributed by atoms with Crippen molar-refractivity contribution in [1.29, 1.82) is 0 Å². The lowest BCUT2D eigenvalue weighted by atomic mass is 10.1. The lowest BCUT2D eigenvalue weighted by molar-refractivity contribution is -0.117. The predicted molar refractivity (Wildman–Crippen MR) is 55.8 cm³/mol. The maximum absolute atomic E-state index is 11.5. The van der Waals surface area contributed by atoms with E-state index in [1.54, 1.807) is 12.1 Å². The third-order valence-electron chi connectivity index (χ3n) is 2.59. The fourth-order valence-electron chi connectivity index (χ4n) is 1.90. The minimum Gasteiger partial charge on any atom is -0.506 e. The number of phenols is 1. The number of nitrogens with zero attached hydrogens (tertiary/aromatic N) is 1. The van der Waals surface area contributed by atoms with E-state index < -0.39 is 6.10 Å². The summed E-state index contributed by atoms with van der Waals surface area (Å²) in [6.07, 6.45) is -0.496. The van der Waals surface area contributed by atoms with Crippen LogP contribution < -0.4 is 4.90 Å². The first-order valence-electron chi connectivity index (χ1n) is 4.86. The molecule has 2 N–H and O–H groups in total. The molecule has 0 radical (unpaired) electrons. The Balaban J connectivity index is 2.41. The number of β-amino-alcohol motifs (C(OH)–C–C–N with tert-alkyl or cyclic N) is 1. The zero-order chi connectivity index (χ0) is 11.0. The molecule has 1 heterocycles. The van der Waals surface area contributed by atoms with Crippen LogP contribution in [0.2, 0.25) is 0 Å². The average Bonchev–Trinajstić information content (AvgIpc) is 2.45. The minimum atomic E-state index is -0.628. The molecule has 4 heteroatoms. The molecule has 4 nitrogen and oxygen atoms in total. The fourth-order valence-corrected chi connectivity index (χ4v) is 1.90. The Morgan fingerprint density at radius 2 is 2.20 bits per heavy atom. The molecule has 0 bridgehead atoms. The van der Waals surface area contributed by atoms with Gasteiger partial charge in [0, 0.05) is 0 Å². The van der Waals surface area contributed by atoms with E-state index >= 15 is 0 Å². The number of aliphatic hydroxyl groups excluding tert-OH is 1. The molecule has 80 valence electrons. The highest BCUT2D eigenvalue weighted by atomic mass is 16.3. The van der Waals surface area contributed by atoms with E-state index in [1.165, 1.54) is 4.90 Å². The summed E-state index contributed by atoms with van der Waals surface area (Å²) in [5, 5.41) is 19.0. The van der Waals surface area contributed by atoms with Crippen molar-refractivity contribution in [3.8, 4) is 5.75 Å². The monoisotopic (exact) mass is 207 g/mol. The maximum Gasteiger partial charge on any atom is 0.229 e. The lowest BCUT2D eigenvalue weighted by Crippen LogP contribution is -2.26. The van der Waals surface area contributed by atoms with Gasteiger partial charge in [-0.3, -0.25) is 4.79 Å². The minimum absolute atomic E-state index is 0.0810. The Kier molecular flexibility index (Phi) is 2.36. The third-order valence-corrected chi connectivity index (χ3v) is 2.59. The number of para-hydroxylation sites is 1. The SMILES string of the molecule is Cc1cccc(O)c1N1CC(O)CC1=O. The quantitative estimate of drug-likeness (QED) is 0.716. The van der Waals surface area contributed by atoms with Crippen LogP contribution in [0.3, 0.4) is 0 Å². The number of anilines is 1. The van der Waals surface area contributed by atoms with Crippen LogP contribution in [0.4, 0.5) is 5.69 Å². The maximum atomic E-state index is 11.5. The van der Waals surface area contributed by atoms with Crippen molar-refractivity contribution in [3.05, 3.63) is 23.8 Å². The lowest BCUT2D eigenvalue weighted by Gasteiger charge is -2.19. The average molecular weight is 207 g/mol. The molecule has 1 atom stereocenters. The number of hydrogen-bond acceptors (Lipinski definition) is 3. The molecule has 1 aromatic carbocycles. The predicted octanol–water partition coefficient (Wildman–Crippen LogP) is 0.798. The van der Waals surface area contributed by atoms with Gasteiger partial charge in [-0.2, -0.15) is 0 Å². The van der Waals surface area contributed by atoms with Gasteiger partial charge in [-0.25, -0.2) is 0 Å². The van der Waals surface area contributed by atoms with E-state index in [-0.39, 0.29) is 24.6 Å². The van der Waals surface area contributed by atoms with Crippen molar-refractivity contribution < 1.29 is 15.0 Å². The first kappa shape index (κ1) is 9.98. The second-order valence-corrected chi connectivity index (χ2v) is 3.80. The Hall–Kier alpha value is -1.55. The second-order valence-electron chi connectivity index (χ2n) is 3.80. The van der Waals surface area contributed by atoms with Crippen molar-refractivity contribution >= 4 is 11.6 Å². The highest BCUT2D eigenvalue weighted by Gasteiger charge is 2.31. The first-order chi connectivity index (χ1) is 7.09. The van der Waals surface area contributed by atoms with Crippen LogP contribution in [0.5, 0.6) is 5.75 Å². The molecule has 1 amide bonds. The number of amides is 1. The summed E-state index contributed by atoms with van der Waals surface area (Å²) in [7, 11) is 0. The summed E-state index contributed by atoms with van der Waals surface area (Å²) in [5.41, 5.74) is 1.34. The Bertz CT molecular complexity index is 383. The van der Waals surface area contributed by atoms with Crippen LogP contribution in [-0.4, -0.2) is 28.8 Å². The largest absolute Gasteiger partial charge is 0.506 e. The fraction of sp³-hybridized carbons (Fsp3) is 0.364. The summed E-state index contributed by atoms with van der Waals surface area (Å²) in [6, 6.07) is 5.10. The van der Waals surface area contributed by atoms with E-state index in [9.17, 15) is 15.0 Å². The van der Waals surface area contributed by atoms with Crippen molar-refractivity contribution in [2.24, 2.45) is 0 Å². The molecular formula is C11H13NO3. The van der Waals surface area contributed by atoms with Crippen molar-refractivity contribution in [3.63, 3.8) is 0 Å².